The van der Waals surface area contributed by atoms with E-state index >= 15 is 0 Å². The van der Waals surface area contributed by atoms with Gasteiger partial charge in [-0.25, -0.2) is 0 Å². The predicted octanol–water partition coefficient (Wildman–Crippen LogP) is 3.20. The van der Waals surface area contributed by atoms with Gasteiger partial charge in [0.2, 0.25) is 0 Å². The lowest BCUT2D eigenvalue weighted by Crippen LogP contribution is -2.08. The van der Waals surface area contributed by atoms with Crippen molar-refractivity contribution in [3.05, 3.63) is 14.9 Å². The molecule has 0 atom stereocenters. The minimum Gasteiger partial charge on any atom is -0.380 e. The van der Waals surface area contributed by atoms with E-state index in [1.54, 1.807) is 0 Å². The zero-order valence-corrected chi connectivity index (χ0v) is 12.0. The van der Waals surface area contributed by atoms with Gasteiger partial charge in [0.25, 0.3) is 0 Å². The van der Waals surface area contributed by atoms with Gasteiger partial charge in [0.15, 0.2) is 0 Å². The summed E-state index contributed by atoms with van der Waals surface area (Å²) in [6, 6.07) is 0. The fraction of sp³-hybridized carbons (Fsp3) is 0.700. The van der Waals surface area contributed by atoms with Crippen LogP contribution in [-0.4, -0.2) is 23.0 Å². The zero-order chi connectivity index (χ0) is 11.3. The highest BCUT2D eigenvalue weighted by Crippen LogP contribution is 2.15. The number of hydrogen-bond donors (Lipinski definition) is 0. The Morgan fingerprint density at radius 2 is 2.27 bits per heavy atom. The van der Waals surface area contributed by atoms with Crippen molar-refractivity contribution in [1.82, 2.24) is 9.78 Å². The van der Waals surface area contributed by atoms with Gasteiger partial charge in [-0.2, -0.15) is 5.10 Å². The summed E-state index contributed by atoms with van der Waals surface area (Å²) < 4.78 is 8.15. The van der Waals surface area contributed by atoms with Crippen molar-refractivity contribution >= 4 is 34.2 Å². The molecular formula is C10H16ClIN2O. The van der Waals surface area contributed by atoms with Gasteiger partial charge in [-0.05, 0) is 34.9 Å². The first-order valence-corrected chi connectivity index (χ1v) is 6.51. The maximum atomic E-state index is 5.88. The Hall–Kier alpha value is 0.190. The minimum atomic E-state index is 0.695. The van der Waals surface area contributed by atoms with Gasteiger partial charge in [0.05, 0.1) is 18.2 Å². The summed E-state index contributed by atoms with van der Waals surface area (Å²) in [5.41, 5.74) is 0. The van der Waals surface area contributed by atoms with Gasteiger partial charge in [0.1, 0.15) is 3.70 Å². The predicted molar refractivity (Wildman–Crippen MR) is 70.2 cm³/mol. The standard InChI is InChI=1S/C10H16ClIN2O/c1-8(2)3-5-15-6-4-14-7-9(11)10(12)13-14/h7-8H,3-6H2,1-2H3. The van der Waals surface area contributed by atoms with Crippen LogP contribution in [0.5, 0.6) is 0 Å². The third-order valence-electron chi connectivity index (χ3n) is 1.98. The molecule has 0 fully saturated rings. The number of halogens is 2. The molecule has 0 aliphatic rings. The first-order chi connectivity index (χ1) is 7.09. The van der Waals surface area contributed by atoms with Crippen LogP contribution in [0.25, 0.3) is 0 Å². The van der Waals surface area contributed by atoms with E-state index in [-0.39, 0.29) is 0 Å². The Labute approximate surface area is 109 Å². The molecule has 0 unspecified atom stereocenters. The molecule has 0 bridgehead atoms. The van der Waals surface area contributed by atoms with Crippen LogP contribution in [0.15, 0.2) is 6.20 Å². The van der Waals surface area contributed by atoms with Crippen LogP contribution in [-0.2, 0) is 11.3 Å². The highest BCUT2D eigenvalue weighted by Gasteiger charge is 2.02. The maximum absolute atomic E-state index is 5.88. The molecule has 0 spiro atoms. The second-order valence-corrected chi connectivity index (χ2v) is 5.25. The average molecular weight is 343 g/mol. The van der Waals surface area contributed by atoms with Gasteiger partial charge in [-0.3, -0.25) is 4.68 Å². The summed E-state index contributed by atoms with van der Waals surface area (Å²) in [5.74, 6) is 0.699. The first kappa shape index (κ1) is 13.3. The molecule has 1 rings (SSSR count). The zero-order valence-electron chi connectivity index (χ0n) is 9.04. The number of aromatic nitrogens is 2. The van der Waals surface area contributed by atoms with Gasteiger partial charge in [-0.15, -0.1) is 0 Å². The fourth-order valence-electron chi connectivity index (χ4n) is 1.07. The second-order valence-electron chi connectivity index (χ2n) is 3.83. The van der Waals surface area contributed by atoms with E-state index in [1.165, 1.54) is 0 Å². The summed E-state index contributed by atoms with van der Waals surface area (Å²) in [5, 5.41) is 4.94. The number of hydrogen-bond acceptors (Lipinski definition) is 2. The summed E-state index contributed by atoms with van der Waals surface area (Å²) in [6.45, 7) is 6.67. The summed E-state index contributed by atoms with van der Waals surface area (Å²) in [6.07, 6.45) is 2.94. The van der Waals surface area contributed by atoms with Gasteiger partial charge >= 0.3 is 0 Å². The molecule has 0 aliphatic carbocycles. The largest absolute Gasteiger partial charge is 0.380 e. The monoisotopic (exact) mass is 342 g/mol. The second kappa shape index (κ2) is 6.70. The highest BCUT2D eigenvalue weighted by atomic mass is 127. The fourth-order valence-corrected chi connectivity index (χ4v) is 1.63. The van der Waals surface area contributed by atoms with Gasteiger partial charge < -0.3 is 4.74 Å². The van der Waals surface area contributed by atoms with E-state index in [4.69, 9.17) is 16.3 Å². The molecule has 0 saturated carbocycles. The lowest BCUT2D eigenvalue weighted by Gasteiger charge is -2.06. The van der Waals surface area contributed by atoms with Crippen LogP contribution in [0.4, 0.5) is 0 Å². The molecule has 15 heavy (non-hydrogen) atoms. The van der Waals surface area contributed by atoms with Crippen LogP contribution < -0.4 is 0 Å². The summed E-state index contributed by atoms with van der Waals surface area (Å²) >= 11 is 8.00. The molecule has 86 valence electrons. The van der Waals surface area contributed by atoms with Gasteiger partial charge in [0, 0.05) is 12.8 Å². The van der Waals surface area contributed by atoms with Crippen molar-refractivity contribution < 1.29 is 4.74 Å². The van der Waals surface area contributed by atoms with Crippen molar-refractivity contribution in [3.8, 4) is 0 Å². The smallest absolute Gasteiger partial charge is 0.141 e. The van der Waals surface area contributed by atoms with Crippen LogP contribution in [0.3, 0.4) is 0 Å². The van der Waals surface area contributed by atoms with Crippen LogP contribution in [0, 0.1) is 9.62 Å². The molecule has 1 aromatic heterocycles. The van der Waals surface area contributed by atoms with Crippen molar-refractivity contribution in [2.75, 3.05) is 13.2 Å². The quantitative estimate of drug-likeness (QED) is 0.586. The maximum Gasteiger partial charge on any atom is 0.141 e. The minimum absolute atomic E-state index is 0.695. The van der Waals surface area contributed by atoms with Gasteiger partial charge in [-0.1, -0.05) is 25.4 Å². The Bertz CT molecular complexity index is 282. The molecule has 0 amide bonds. The Balaban J connectivity index is 2.15. The SMILES string of the molecule is CC(C)CCOCCn1cc(Cl)c(I)n1. The van der Waals surface area contributed by atoms with Crippen LogP contribution in [0.2, 0.25) is 5.02 Å². The average Bonchev–Trinajstić information content (AvgIpc) is 2.45. The molecular weight excluding hydrogens is 326 g/mol. The molecule has 0 aromatic carbocycles. The molecule has 3 nitrogen and oxygen atoms in total. The molecule has 5 heteroatoms. The normalized spacial score (nSPS) is 11.3. The molecule has 0 aliphatic heterocycles. The van der Waals surface area contributed by atoms with E-state index in [0.29, 0.717) is 17.5 Å². The lowest BCUT2D eigenvalue weighted by molar-refractivity contribution is 0.114. The number of rotatable bonds is 6. The third-order valence-corrected chi connectivity index (χ3v) is 3.37. The Morgan fingerprint density at radius 3 is 2.80 bits per heavy atom. The van der Waals surface area contributed by atoms with E-state index in [0.717, 1.165) is 23.3 Å². The van der Waals surface area contributed by atoms with Crippen LogP contribution in [0.1, 0.15) is 20.3 Å². The van der Waals surface area contributed by atoms with Crippen molar-refractivity contribution in [1.29, 1.82) is 0 Å². The first-order valence-electron chi connectivity index (χ1n) is 5.05. The van der Waals surface area contributed by atoms with E-state index in [9.17, 15) is 0 Å². The topological polar surface area (TPSA) is 27.1 Å². The van der Waals surface area contributed by atoms with Crippen molar-refractivity contribution in [3.63, 3.8) is 0 Å². The summed E-state index contributed by atoms with van der Waals surface area (Å²) in [7, 11) is 0. The molecule has 1 heterocycles. The molecule has 0 radical (unpaired) electrons. The summed E-state index contributed by atoms with van der Waals surface area (Å²) in [4.78, 5) is 0. The molecule has 0 N–H and O–H groups in total. The van der Waals surface area contributed by atoms with E-state index in [2.05, 4.69) is 41.5 Å². The van der Waals surface area contributed by atoms with Crippen molar-refractivity contribution in [2.24, 2.45) is 5.92 Å². The Morgan fingerprint density at radius 1 is 1.53 bits per heavy atom. The Kier molecular flexibility index (Phi) is 5.92. The third kappa shape index (κ3) is 5.17. The number of ether oxygens (including phenoxy) is 1. The van der Waals surface area contributed by atoms with E-state index < -0.39 is 0 Å². The highest BCUT2D eigenvalue weighted by molar-refractivity contribution is 14.1. The lowest BCUT2D eigenvalue weighted by atomic mass is 10.1. The molecule has 1 aromatic rings. The van der Waals surface area contributed by atoms with E-state index in [1.807, 2.05) is 10.9 Å². The molecule has 0 saturated heterocycles. The number of nitrogens with zero attached hydrogens (tertiary/aromatic N) is 2. The van der Waals surface area contributed by atoms with Crippen LogP contribution >= 0.6 is 34.2 Å². The van der Waals surface area contributed by atoms with Crippen molar-refractivity contribution in [2.45, 2.75) is 26.8 Å².